The predicted molar refractivity (Wildman–Crippen MR) is 139 cm³/mol. The molecule has 3 aromatic rings. The summed E-state index contributed by atoms with van der Waals surface area (Å²) in [5.74, 6) is 1.23. The molecule has 6 heteroatoms. The number of esters is 1. The van der Waals surface area contributed by atoms with Crippen molar-refractivity contribution >= 4 is 34.6 Å². The van der Waals surface area contributed by atoms with Crippen LogP contribution in [0, 0.1) is 0 Å². The minimum absolute atomic E-state index is 0.214. The van der Waals surface area contributed by atoms with Gasteiger partial charge in [0, 0.05) is 47.2 Å². The van der Waals surface area contributed by atoms with E-state index in [9.17, 15) is 4.79 Å². The van der Waals surface area contributed by atoms with Crippen LogP contribution in [0.3, 0.4) is 0 Å². The quantitative estimate of drug-likeness (QED) is 0.383. The maximum Gasteiger partial charge on any atom is 0.335 e. The zero-order valence-corrected chi connectivity index (χ0v) is 20.6. The lowest BCUT2D eigenvalue weighted by molar-refractivity contribution is -0.145. The summed E-state index contributed by atoms with van der Waals surface area (Å²) in [5.41, 5.74) is 5.41. The van der Waals surface area contributed by atoms with Crippen molar-refractivity contribution in [3.05, 3.63) is 88.0 Å². The van der Waals surface area contributed by atoms with Gasteiger partial charge in [0.05, 0.1) is 10.7 Å². The van der Waals surface area contributed by atoms with Gasteiger partial charge in [-0.15, -0.1) is 0 Å². The number of nitrogens with zero attached hydrogens (tertiary/aromatic N) is 1. The van der Waals surface area contributed by atoms with E-state index in [0.717, 1.165) is 77.4 Å². The van der Waals surface area contributed by atoms with Gasteiger partial charge < -0.3 is 19.7 Å². The number of carbonyl (C=O) groups excluding carboxylic acids is 1. The molecule has 1 atom stereocenters. The molecule has 0 saturated carbocycles. The highest BCUT2D eigenvalue weighted by Gasteiger charge is 2.55. The van der Waals surface area contributed by atoms with Crippen LogP contribution in [0.4, 0.5) is 17.1 Å². The number of anilines is 3. The van der Waals surface area contributed by atoms with Crippen molar-refractivity contribution in [3.8, 4) is 11.5 Å². The Bertz CT molecular complexity index is 1380. The highest BCUT2D eigenvalue weighted by molar-refractivity contribution is 6.33. The van der Waals surface area contributed by atoms with E-state index in [1.807, 2.05) is 42.5 Å². The normalized spacial score (nSPS) is 19.7. The highest BCUT2D eigenvalue weighted by Crippen LogP contribution is 2.60. The molecule has 178 valence electrons. The fourth-order valence-electron chi connectivity index (χ4n) is 5.68. The van der Waals surface area contributed by atoms with Gasteiger partial charge in [-0.1, -0.05) is 23.7 Å². The molecule has 1 N–H and O–H groups in total. The largest absolute Gasteiger partial charge is 0.456 e. The van der Waals surface area contributed by atoms with Crippen LogP contribution < -0.4 is 15.0 Å². The highest BCUT2D eigenvalue weighted by atomic mass is 35.5. The molecule has 0 fully saturated rings. The minimum Gasteiger partial charge on any atom is -0.456 e. The summed E-state index contributed by atoms with van der Waals surface area (Å²) in [6, 6.07) is 19.8. The third kappa shape index (κ3) is 3.33. The fourth-order valence-corrected chi connectivity index (χ4v) is 5.86. The number of carbonyl (C=O) groups is 1. The number of nitrogens with one attached hydrogen (secondary N) is 1. The Morgan fingerprint density at radius 2 is 1.80 bits per heavy atom. The molecule has 0 bridgehead atoms. The summed E-state index contributed by atoms with van der Waals surface area (Å²) >= 11 is 6.39. The van der Waals surface area contributed by atoms with Crippen molar-refractivity contribution in [2.45, 2.75) is 38.7 Å². The molecule has 0 amide bonds. The van der Waals surface area contributed by atoms with E-state index >= 15 is 0 Å². The number of benzene rings is 3. The third-order valence-corrected chi connectivity index (χ3v) is 7.67. The molecule has 35 heavy (non-hydrogen) atoms. The molecule has 0 radical (unpaired) electrons. The summed E-state index contributed by atoms with van der Waals surface area (Å²) in [6.07, 6.45) is 2.55. The summed E-state index contributed by atoms with van der Waals surface area (Å²) in [5, 5.41) is 4.05. The SMILES string of the molecule is CCN(CC)c1ccc2c(c1)Oc1ccc(Nc3ccccc3Cl)cc1C21OC(=O)C2=C1CCC2. The Kier molecular flexibility index (Phi) is 5.26. The Labute approximate surface area is 210 Å². The van der Waals surface area contributed by atoms with E-state index in [4.69, 9.17) is 21.1 Å². The number of ether oxygens (including phenoxy) is 2. The molecule has 1 aliphatic carbocycles. The molecule has 3 aromatic carbocycles. The first-order valence-electron chi connectivity index (χ1n) is 12.2. The van der Waals surface area contributed by atoms with Gasteiger partial charge in [0.2, 0.25) is 0 Å². The maximum absolute atomic E-state index is 13.1. The number of para-hydroxylation sites is 1. The lowest BCUT2D eigenvalue weighted by Gasteiger charge is -2.38. The smallest absolute Gasteiger partial charge is 0.335 e. The first kappa shape index (κ1) is 22.1. The molecular weight excluding hydrogens is 460 g/mol. The zero-order valence-electron chi connectivity index (χ0n) is 19.9. The van der Waals surface area contributed by atoms with E-state index in [1.165, 1.54) is 0 Å². The standard InChI is InChI=1S/C29H27ClN2O3/c1-3-32(4-2)19-13-14-22-27(17-19)34-26-15-12-18(31-25-11-6-5-10-24(25)30)16-23(26)29(22)21-9-7-8-20(21)28(33)35-29/h5-6,10-17,31H,3-4,7-9H2,1-2H3. The van der Waals surface area contributed by atoms with Gasteiger partial charge in [-0.05, 0) is 81.1 Å². The Morgan fingerprint density at radius 3 is 2.60 bits per heavy atom. The van der Waals surface area contributed by atoms with Crippen LogP contribution in [0.5, 0.6) is 11.5 Å². The van der Waals surface area contributed by atoms with Gasteiger partial charge in [0.15, 0.2) is 5.60 Å². The molecule has 1 unspecified atom stereocenters. The molecule has 6 rings (SSSR count). The lowest BCUT2D eigenvalue weighted by Crippen LogP contribution is -2.34. The van der Waals surface area contributed by atoms with E-state index < -0.39 is 5.60 Å². The Morgan fingerprint density at radius 1 is 0.971 bits per heavy atom. The van der Waals surface area contributed by atoms with Crippen LogP contribution in [0.15, 0.2) is 71.8 Å². The van der Waals surface area contributed by atoms with Gasteiger partial charge in [-0.3, -0.25) is 0 Å². The van der Waals surface area contributed by atoms with Crippen molar-refractivity contribution < 1.29 is 14.3 Å². The zero-order chi connectivity index (χ0) is 24.2. The number of fused-ring (bicyclic) bond motifs is 5. The van der Waals surface area contributed by atoms with Gasteiger partial charge in [-0.25, -0.2) is 4.79 Å². The second-order valence-electron chi connectivity index (χ2n) is 9.15. The summed E-state index contributed by atoms with van der Waals surface area (Å²) < 4.78 is 12.8. The average Bonchev–Trinajstić information content (AvgIpc) is 3.46. The van der Waals surface area contributed by atoms with Crippen LogP contribution in [-0.2, 0) is 15.1 Å². The molecule has 1 spiro atoms. The second kappa shape index (κ2) is 8.35. The van der Waals surface area contributed by atoms with Crippen LogP contribution in [0.25, 0.3) is 0 Å². The third-order valence-electron chi connectivity index (χ3n) is 7.34. The van der Waals surface area contributed by atoms with E-state index in [0.29, 0.717) is 10.8 Å². The van der Waals surface area contributed by atoms with Crippen molar-refractivity contribution in [3.63, 3.8) is 0 Å². The average molecular weight is 487 g/mol. The van der Waals surface area contributed by atoms with Crippen LogP contribution in [-0.4, -0.2) is 19.1 Å². The second-order valence-corrected chi connectivity index (χ2v) is 9.56. The van der Waals surface area contributed by atoms with Crippen LogP contribution in [0.1, 0.15) is 44.2 Å². The molecule has 2 aliphatic heterocycles. The van der Waals surface area contributed by atoms with Crippen molar-refractivity contribution in [1.82, 2.24) is 0 Å². The first-order chi connectivity index (χ1) is 17.0. The summed E-state index contributed by atoms with van der Waals surface area (Å²) in [7, 11) is 0. The Hall–Kier alpha value is -3.44. The summed E-state index contributed by atoms with van der Waals surface area (Å²) in [6.45, 7) is 6.09. The number of halogens is 1. The number of hydrogen-bond acceptors (Lipinski definition) is 5. The van der Waals surface area contributed by atoms with Gasteiger partial charge in [0.25, 0.3) is 0 Å². The molecule has 0 aromatic heterocycles. The van der Waals surface area contributed by atoms with Gasteiger partial charge >= 0.3 is 5.97 Å². The number of rotatable bonds is 5. The lowest BCUT2D eigenvalue weighted by atomic mass is 9.77. The van der Waals surface area contributed by atoms with Crippen molar-refractivity contribution in [2.24, 2.45) is 0 Å². The molecule has 5 nitrogen and oxygen atoms in total. The topological polar surface area (TPSA) is 50.8 Å². The van der Waals surface area contributed by atoms with Crippen molar-refractivity contribution in [2.75, 3.05) is 23.3 Å². The van der Waals surface area contributed by atoms with Crippen LogP contribution >= 0.6 is 11.6 Å². The predicted octanol–water partition coefficient (Wildman–Crippen LogP) is 7.32. The summed E-state index contributed by atoms with van der Waals surface area (Å²) in [4.78, 5) is 15.4. The van der Waals surface area contributed by atoms with Crippen molar-refractivity contribution in [1.29, 1.82) is 0 Å². The molecule has 0 saturated heterocycles. The Balaban J connectivity index is 1.52. The maximum atomic E-state index is 13.1. The molecular formula is C29H27ClN2O3. The molecule has 2 heterocycles. The van der Waals surface area contributed by atoms with Crippen LogP contribution in [0.2, 0.25) is 5.02 Å². The molecule has 3 aliphatic rings. The van der Waals surface area contributed by atoms with E-state index in [2.05, 4.69) is 42.3 Å². The number of hydrogen-bond donors (Lipinski definition) is 1. The fraction of sp³-hybridized carbons (Fsp3) is 0.276. The van der Waals surface area contributed by atoms with Gasteiger partial charge in [0.1, 0.15) is 11.5 Å². The van der Waals surface area contributed by atoms with Gasteiger partial charge in [-0.2, -0.15) is 0 Å². The van der Waals surface area contributed by atoms with E-state index in [1.54, 1.807) is 0 Å². The van der Waals surface area contributed by atoms with E-state index in [-0.39, 0.29) is 5.97 Å². The first-order valence-corrected chi connectivity index (χ1v) is 12.6. The monoisotopic (exact) mass is 486 g/mol. The minimum atomic E-state index is -0.966.